The largest absolute Gasteiger partial charge is 0.384 e. The molecule has 0 unspecified atom stereocenters. The second-order valence-electron chi connectivity index (χ2n) is 9.15. The van der Waals surface area contributed by atoms with Crippen LogP contribution in [0.2, 0.25) is 0 Å². The quantitative estimate of drug-likeness (QED) is 0.315. The van der Waals surface area contributed by atoms with Crippen molar-refractivity contribution in [2.45, 2.75) is 70.5 Å². The van der Waals surface area contributed by atoms with Gasteiger partial charge in [-0.3, -0.25) is 15.0 Å². The summed E-state index contributed by atoms with van der Waals surface area (Å²) in [7, 11) is 0. The minimum absolute atomic E-state index is 0.0500. The zero-order valence-corrected chi connectivity index (χ0v) is 20.3. The van der Waals surface area contributed by atoms with Crippen molar-refractivity contribution in [3.05, 3.63) is 35.5 Å². The average Bonchev–Trinajstić information content (AvgIpc) is 3.54. The molecule has 2 atom stereocenters. The van der Waals surface area contributed by atoms with Crippen LogP contribution in [0.3, 0.4) is 0 Å². The smallest absolute Gasteiger partial charge is 0.245 e. The van der Waals surface area contributed by atoms with Crippen molar-refractivity contribution in [1.82, 2.24) is 14.4 Å². The lowest BCUT2D eigenvalue weighted by molar-refractivity contribution is -0.144. The third-order valence-corrected chi connectivity index (χ3v) is 7.42. The minimum atomic E-state index is -0.301. The number of amides is 2. The Labute approximate surface area is 201 Å². The highest BCUT2D eigenvalue weighted by Gasteiger charge is 2.39. The Balaban J connectivity index is 1.47. The molecule has 33 heavy (non-hydrogen) atoms. The molecule has 0 bridgehead atoms. The number of carbonyl (C=O) groups excluding carboxylic acids is 2. The molecule has 1 aromatic carbocycles. The maximum absolute atomic E-state index is 13.4. The van der Waals surface area contributed by atoms with Crippen LogP contribution < -0.4 is 5.73 Å². The number of nitrogens with two attached hydrogens (primary N) is 1. The predicted octanol–water partition coefficient (Wildman–Crippen LogP) is 3.18. The summed E-state index contributed by atoms with van der Waals surface area (Å²) < 4.78 is 2.29. The molecular weight excluding hydrogens is 434 g/mol. The number of hydrogen-bond acceptors (Lipinski definition) is 4. The summed E-state index contributed by atoms with van der Waals surface area (Å²) in [5, 5.41) is 8.89. The highest BCUT2D eigenvalue weighted by molar-refractivity contribution is 7.80. The molecule has 0 radical (unpaired) electrons. The molecule has 2 aliphatic heterocycles. The molecule has 2 aliphatic rings. The predicted molar refractivity (Wildman–Crippen MR) is 135 cm³/mol. The number of hydrogen-bond donors (Lipinski definition) is 3. The summed E-state index contributed by atoms with van der Waals surface area (Å²) in [5.74, 6) is 0.775. The fourth-order valence-corrected chi connectivity index (χ4v) is 5.74. The standard InChI is InChI=1S/C25H35N5O2S/c1-2-28-20(15-17-7-8-18(24(26)27)16-22(17)28)10-9-19-5-3-12-29(19)25(32)21-6-4-13-30(21)23(31)11-14-33/h7-8,15-16,19,21,33H,2-6,9-14H2,1H3,(H3,26,27)/t19-,21+/m0/s1. The molecule has 0 aliphatic carbocycles. The van der Waals surface area contributed by atoms with E-state index >= 15 is 0 Å². The van der Waals surface area contributed by atoms with Crippen LogP contribution in [0.15, 0.2) is 24.3 Å². The monoisotopic (exact) mass is 469 g/mol. The minimum Gasteiger partial charge on any atom is -0.384 e. The maximum Gasteiger partial charge on any atom is 0.245 e. The Hall–Kier alpha value is -2.48. The fourth-order valence-electron chi connectivity index (χ4n) is 5.55. The molecular formula is C25H35N5O2S. The Morgan fingerprint density at radius 3 is 2.64 bits per heavy atom. The molecule has 8 heteroatoms. The van der Waals surface area contributed by atoms with E-state index in [1.165, 1.54) is 5.69 Å². The number of amidine groups is 1. The van der Waals surface area contributed by atoms with Gasteiger partial charge in [0.25, 0.3) is 0 Å². The molecule has 3 N–H and O–H groups in total. The van der Waals surface area contributed by atoms with Gasteiger partial charge in [-0.15, -0.1) is 0 Å². The summed E-state index contributed by atoms with van der Waals surface area (Å²) in [5.41, 5.74) is 8.78. The summed E-state index contributed by atoms with van der Waals surface area (Å²) in [6.07, 6.45) is 5.90. The average molecular weight is 470 g/mol. The number of rotatable bonds is 8. The molecule has 1 aromatic heterocycles. The van der Waals surface area contributed by atoms with Crippen LogP contribution in [0.4, 0.5) is 0 Å². The van der Waals surface area contributed by atoms with Crippen molar-refractivity contribution < 1.29 is 9.59 Å². The van der Waals surface area contributed by atoms with Gasteiger partial charge in [0.05, 0.1) is 0 Å². The number of aryl methyl sites for hydroxylation is 2. The van der Waals surface area contributed by atoms with Gasteiger partial charge in [0.2, 0.25) is 11.8 Å². The Morgan fingerprint density at radius 2 is 1.91 bits per heavy atom. The van der Waals surface area contributed by atoms with Gasteiger partial charge in [-0.1, -0.05) is 12.1 Å². The van der Waals surface area contributed by atoms with Crippen molar-refractivity contribution in [3.63, 3.8) is 0 Å². The SMILES string of the molecule is CCn1c(CC[C@@H]2CCCN2C(=O)[C@H]2CCCN2C(=O)CCS)cc2ccc(C(=N)N)cc21. The highest BCUT2D eigenvalue weighted by Crippen LogP contribution is 2.29. The van der Waals surface area contributed by atoms with E-state index in [1.54, 1.807) is 4.90 Å². The van der Waals surface area contributed by atoms with Gasteiger partial charge in [-0.25, -0.2) is 0 Å². The van der Waals surface area contributed by atoms with Crippen LogP contribution >= 0.6 is 12.6 Å². The Morgan fingerprint density at radius 1 is 1.15 bits per heavy atom. The van der Waals surface area contributed by atoms with Crippen LogP contribution in [0, 0.1) is 5.41 Å². The zero-order chi connectivity index (χ0) is 23.5. The lowest BCUT2D eigenvalue weighted by Crippen LogP contribution is -2.49. The third kappa shape index (κ3) is 4.76. The van der Waals surface area contributed by atoms with Crippen molar-refractivity contribution in [1.29, 1.82) is 5.41 Å². The molecule has 178 valence electrons. The number of thiol groups is 1. The topological polar surface area (TPSA) is 95.4 Å². The van der Waals surface area contributed by atoms with Gasteiger partial charge < -0.3 is 20.1 Å². The highest BCUT2D eigenvalue weighted by atomic mass is 32.1. The second-order valence-corrected chi connectivity index (χ2v) is 9.60. The van der Waals surface area contributed by atoms with Crippen molar-refractivity contribution in [2.75, 3.05) is 18.8 Å². The fraction of sp³-hybridized carbons (Fsp3) is 0.560. The number of nitrogens with zero attached hydrogens (tertiary/aromatic N) is 3. The number of aromatic nitrogens is 1. The van der Waals surface area contributed by atoms with E-state index in [4.69, 9.17) is 11.1 Å². The first-order chi connectivity index (χ1) is 15.9. The second kappa shape index (κ2) is 10.2. The molecule has 0 saturated carbocycles. The normalized spacial score (nSPS) is 20.7. The molecule has 2 saturated heterocycles. The number of carbonyl (C=O) groups is 2. The van der Waals surface area contributed by atoms with E-state index in [0.717, 1.165) is 68.1 Å². The van der Waals surface area contributed by atoms with Crippen molar-refractivity contribution >= 4 is 41.2 Å². The van der Waals surface area contributed by atoms with Gasteiger partial charge in [0.15, 0.2) is 0 Å². The zero-order valence-electron chi connectivity index (χ0n) is 19.4. The van der Waals surface area contributed by atoms with Crippen LogP contribution in [-0.2, 0) is 22.6 Å². The Kier molecular flexibility index (Phi) is 7.32. The first-order valence-corrected chi connectivity index (χ1v) is 12.7. The molecule has 4 rings (SSSR count). The summed E-state index contributed by atoms with van der Waals surface area (Å²) in [6, 6.07) is 8.06. The van der Waals surface area contributed by atoms with E-state index in [0.29, 0.717) is 18.7 Å². The van der Waals surface area contributed by atoms with Gasteiger partial charge in [-0.2, -0.15) is 12.6 Å². The van der Waals surface area contributed by atoms with Gasteiger partial charge in [0.1, 0.15) is 11.9 Å². The number of likely N-dealkylation sites (tertiary alicyclic amines) is 2. The Bertz CT molecular complexity index is 1050. The molecule has 2 fully saturated rings. The van der Waals surface area contributed by atoms with Crippen molar-refractivity contribution in [3.8, 4) is 0 Å². The van der Waals surface area contributed by atoms with E-state index in [9.17, 15) is 9.59 Å². The molecule has 2 amide bonds. The van der Waals surface area contributed by atoms with Gasteiger partial charge in [-0.05, 0) is 68.7 Å². The van der Waals surface area contributed by atoms with E-state index in [1.807, 2.05) is 23.1 Å². The molecule has 7 nitrogen and oxygen atoms in total. The van der Waals surface area contributed by atoms with Gasteiger partial charge in [0, 0.05) is 48.9 Å². The molecule has 2 aromatic rings. The molecule has 3 heterocycles. The third-order valence-electron chi connectivity index (χ3n) is 7.20. The lowest BCUT2D eigenvalue weighted by atomic mass is 10.1. The first kappa shape index (κ1) is 23.7. The van der Waals surface area contributed by atoms with Crippen LogP contribution in [0.25, 0.3) is 10.9 Å². The number of fused-ring (bicyclic) bond motifs is 1. The number of nitrogen functional groups attached to an aromatic ring is 1. The number of benzene rings is 1. The summed E-state index contributed by atoms with van der Waals surface area (Å²) in [6.45, 7) is 4.44. The lowest BCUT2D eigenvalue weighted by Gasteiger charge is -2.31. The van der Waals surface area contributed by atoms with Crippen LogP contribution in [0.1, 0.15) is 56.7 Å². The van der Waals surface area contributed by atoms with Crippen LogP contribution in [0.5, 0.6) is 0 Å². The first-order valence-electron chi connectivity index (χ1n) is 12.1. The van der Waals surface area contributed by atoms with E-state index < -0.39 is 0 Å². The van der Waals surface area contributed by atoms with E-state index in [-0.39, 0.29) is 29.7 Å². The maximum atomic E-state index is 13.4. The molecule has 0 spiro atoms. The van der Waals surface area contributed by atoms with E-state index in [2.05, 4.69) is 30.2 Å². The van der Waals surface area contributed by atoms with Crippen LogP contribution in [-0.4, -0.2) is 62.9 Å². The summed E-state index contributed by atoms with van der Waals surface area (Å²) >= 11 is 4.19. The van der Waals surface area contributed by atoms with Crippen molar-refractivity contribution in [2.24, 2.45) is 5.73 Å². The summed E-state index contributed by atoms with van der Waals surface area (Å²) in [4.78, 5) is 29.7. The van der Waals surface area contributed by atoms with Gasteiger partial charge >= 0.3 is 0 Å². The number of nitrogens with one attached hydrogen (secondary N) is 1.